The number of nitrogens with two attached hydrogens (primary N) is 1. The lowest BCUT2D eigenvalue weighted by Crippen LogP contribution is -2.28. The van der Waals surface area contributed by atoms with Gasteiger partial charge in [0.05, 0.1) is 18.3 Å². The van der Waals surface area contributed by atoms with Gasteiger partial charge in [0.2, 0.25) is 5.91 Å². The van der Waals surface area contributed by atoms with Gasteiger partial charge in [-0.1, -0.05) is 38.1 Å². The maximum Gasteiger partial charge on any atom is 0.228 e. The molecule has 0 aliphatic heterocycles. The Morgan fingerprint density at radius 2 is 1.83 bits per heavy atom. The summed E-state index contributed by atoms with van der Waals surface area (Å²) in [6.45, 7) is 4.95. The molecule has 1 aromatic carbocycles. The van der Waals surface area contributed by atoms with Crippen LogP contribution >= 0.6 is 12.4 Å². The van der Waals surface area contributed by atoms with Crippen LogP contribution in [0.4, 0.5) is 5.69 Å². The summed E-state index contributed by atoms with van der Waals surface area (Å²) in [7, 11) is 1.82. The van der Waals surface area contributed by atoms with Crippen molar-refractivity contribution in [1.29, 1.82) is 0 Å². The summed E-state index contributed by atoms with van der Waals surface area (Å²) in [6, 6.07) is 12.0. The molecule has 0 saturated heterocycles. The van der Waals surface area contributed by atoms with E-state index < -0.39 is 0 Å². The maximum atomic E-state index is 12.2. The third kappa shape index (κ3) is 5.57. The summed E-state index contributed by atoms with van der Waals surface area (Å²) in [5, 5.41) is 0. The van der Waals surface area contributed by atoms with Crippen molar-refractivity contribution >= 4 is 24.0 Å². The van der Waals surface area contributed by atoms with Gasteiger partial charge in [-0.15, -0.1) is 12.4 Å². The molecule has 23 heavy (non-hydrogen) atoms. The van der Waals surface area contributed by atoms with Gasteiger partial charge >= 0.3 is 0 Å². The third-order valence-electron chi connectivity index (χ3n) is 3.67. The van der Waals surface area contributed by atoms with Gasteiger partial charge in [0.25, 0.3) is 0 Å². The largest absolute Gasteiger partial charge is 0.397 e. The number of carbonyl (C=O) groups excluding carboxylic acids is 1. The van der Waals surface area contributed by atoms with Crippen LogP contribution in [0.2, 0.25) is 0 Å². The highest BCUT2D eigenvalue weighted by Crippen LogP contribution is 2.15. The lowest BCUT2D eigenvalue weighted by Gasteiger charge is -2.17. The van der Waals surface area contributed by atoms with Gasteiger partial charge in [0.1, 0.15) is 0 Å². The molecule has 1 aromatic heterocycles. The van der Waals surface area contributed by atoms with Crippen LogP contribution < -0.4 is 5.73 Å². The molecule has 4 nitrogen and oxygen atoms in total. The van der Waals surface area contributed by atoms with E-state index in [1.165, 1.54) is 5.56 Å². The highest BCUT2D eigenvalue weighted by atomic mass is 35.5. The van der Waals surface area contributed by atoms with Crippen molar-refractivity contribution in [3.05, 3.63) is 59.4 Å². The maximum absolute atomic E-state index is 12.2. The zero-order chi connectivity index (χ0) is 16.1. The molecular formula is C18H24ClN3O. The number of pyridine rings is 1. The fourth-order valence-electron chi connectivity index (χ4n) is 2.20. The number of aromatic nitrogens is 1. The Balaban J connectivity index is 0.00000264. The quantitative estimate of drug-likeness (QED) is 0.912. The molecule has 0 spiro atoms. The van der Waals surface area contributed by atoms with Crippen molar-refractivity contribution in [3.63, 3.8) is 0 Å². The van der Waals surface area contributed by atoms with Crippen LogP contribution in [0.5, 0.6) is 0 Å². The van der Waals surface area contributed by atoms with E-state index >= 15 is 0 Å². The molecule has 0 aliphatic rings. The minimum Gasteiger partial charge on any atom is -0.397 e. The zero-order valence-corrected chi connectivity index (χ0v) is 14.6. The van der Waals surface area contributed by atoms with Crippen LogP contribution in [0.1, 0.15) is 36.6 Å². The Morgan fingerprint density at radius 3 is 2.35 bits per heavy atom. The Morgan fingerprint density at radius 1 is 1.17 bits per heavy atom. The van der Waals surface area contributed by atoms with E-state index in [2.05, 4.69) is 43.1 Å². The zero-order valence-electron chi connectivity index (χ0n) is 13.8. The summed E-state index contributed by atoms with van der Waals surface area (Å²) in [5.74, 6) is 0.565. The van der Waals surface area contributed by atoms with Crippen LogP contribution in [-0.2, 0) is 17.8 Å². The number of amides is 1. The van der Waals surface area contributed by atoms with Crippen LogP contribution in [0.3, 0.4) is 0 Å². The van der Waals surface area contributed by atoms with Crippen LogP contribution in [0.15, 0.2) is 42.6 Å². The first-order valence-electron chi connectivity index (χ1n) is 7.49. The molecular weight excluding hydrogens is 310 g/mol. The minimum absolute atomic E-state index is 0. The highest BCUT2D eigenvalue weighted by molar-refractivity contribution is 5.85. The predicted octanol–water partition coefficient (Wildman–Crippen LogP) is 3.41. The number of nitrogens with zero attached hydrogens (tertiary/aromatic N) is 2. The molecule has 0 radical (unpaired) electrons. The average molecular weight is 334 g/mol. The van der Waals surface area contributed by atoms with Crippen molar-refractivity contribution in [1.82, 2.24) is 9.88 Å². The number of hydrogen-bond donors (Lipinski definition) is 1. The molecule has 0 saturated carbocycles. The number of halogens is 1. The van der Waals surface area contributed by atoms with E-state index in [0.29, 0.717) is 24.6 Å². The van der Waals surface area contributed by atoms with Gasteiger partial charge in [0.15, 0.2) is 0 Å². The van der Waals surface area contributed by atoms with Gasteiger partial charge < -0.3 is 10.6 Å². The Labute approximate surface area is 144 Å². The average Bonchev–Trinajstić information content (AvgIpc) is 2.50. The summed E-state index contributed by atoms with van der Waals surface area (Å²) < 4.78 is 0. The van der Waals surface area contributed by atoms with E-state index in [-0.39, 0.29) is 18.3 Å². The molecule has 1 amide bonds. The lowest BCUT2D eigenvalue weighted by molar-refractivity contribution is -0.129. The van der Waals surface area contributed by atoms with E-state index in [0.717, 1.165) is 11.3 Å². The molecule has 2 rings (SSSR count). The van der Waals surface area contributed by atoms with Crippen LogP contribution in [0.25, 0.3) is 0 Å². The normalized spacial score (nSPS) is 10.3. The molecule has 124 valence electrons. The molecule has 5 heteroatoms. The fourth-order valence-corrected chi connectivity index (χ4v) is 2.20. The molecule has 1 heterocycles. The van der Waals surface area contributed by atoms with Crippen molar-refractivity contribution in [2.24, 2.45) is 0 Å². The minimum atomic E-state index is 0. The van der Waals surface area contributed by atoms with E-state index in [1.807, 2.05) is 7.05 Å². The number of carbonyl (C=O) groups is 1. The summed E-state index contributed by atoms with van der Waals surface area (Å²) in [5.41, 5.74) is 9.38. The van der Waals surface area contributed by atoms with Crippen LogP contribution in [0, 0.1) is 0 Å². The second-order valence-corrected chi connectivity index (χ2v) is 5.91. The van der Waals surface area contributed by atoms with Crippen molar-refractivity contribution in [3.8, 4) is 0 Å². The Bertz CT molecular complexity index is 624. The Hall–Kier alpha value is -2.07. The number of benzene rings is 1. The number of likely N-dealkylation sites (N-methyl/N-ethyl adjacent to an activating group) is 1. The molecule has 0 atom stereocenters. The Kier molecular flexibility index (Phi) is 7.04. The van der Waals surface area contributed by atoms with Gasteiger partial charge in [-0.2, -0.15) is 0 Å². The second-order valence-electron chi connectivity index (χ2n) is 5.91. The monoisotopic (exact) mass is 333 g/mol. The number of rotatable bonds is 5. The van der Waals surface area contributed by atoms with Gasteiger partial charge in [0, 0.05) is 19.3 Å². The van der Waals surface area contributed by atoms with Gasteiger partial charge in [-0.05, 0) is 29.2 Å². The highest BCUT2D eigenvalue weighted by Gasteiger charge is 2.11. The molecule has 0 fully saturated rings. The number of nitrogen functional groups attached to an aromatic ring is 1. The van der Waals surface area contributed by atoms with Crippen LogP contribution in [-0.4, -0.2) is 22.8 Å². The molecule has 2 N–H and O–H groups in total. The molecule has 2 aromatic rings. The summed E-state index contributed by atoms with van der Waals surface area (Å²) >= 11 is 0. The smallest absolute Gasteiger partial charge is 0.228 e. The van der Waals surface area contributed by atoms with Gasteiger partial charge in [-0.3, -0.25) is 9.78 Å². The first kappa shape index (κ1) is 19.0. The first-order valence-corrected chi connectivity index (χ1v) is 7.49. The SMILES string of the molecule is CC(C)c1ccc(CN(C)C(=O)Cc2ccc(N)cn2)cc1.Cl. The third-order valence-corrected chi connectivity index (χ3v) is 3.67. The van der Waals surface area contributed by atoms with E-state index in [4.69, 9.17) is 5.73 Å². The van der Waals surface area contributed by atoms with Crippen molar-refractivity contribution in [2.75, 3.05) is 12.8 Å². The first-order chi connectivity index (χ1) is 10.5. The van der Waals surface area contributed by atoms with E-state index in [1.54, 1.807) is 23.2 Å². The molecule has 0 unspecified atom stereocenters. The fraction of sp³-hybridized carbons (Fsp3) is 0.333. The predicted molar refractivity (Wildman–Crippen MR) is 96.6 cm³/mol. The topological polar surface area (TPSA) is 59.2 Å². The second kappa shape index (κ2) is 8.53. The van der Waals surface area contributed by atoms with Crippen molar-refractivity contribution < 1.29 is 4.79 Å². The molecule has 0 aliphatic carbocycles. The van der Waals surface area contributed by atoms with Gasteiger partial charge in [-0.25, -0.2) is 0 Å². The standard InChI is InChI=1S/C18H23N3O.ClH/c1-13(2)15-6-4-14(5-7-15)12-21(3)18(22)10-17-9-8-16(19)11-20-17;/h4-9,11,13H,10,12,19H2,1-3H3;1H. The number of anilines is 1. The summed E-state index contributed by atoms with van der Waals surface area (Å²) in [4.78, 5) is 18.1. The van der Waals surface area contributed by atoms with E-state index in [9.17, 15) is 4.79 Å². The lowest BCUT2D eigenvalue weighted by atomic mass is 10.0. The number of hydrogen-bond acceptors (Lipinski definition) is 3. The summed E-state index contributed by atoms with van der Waals surface area (Å²) in [6.07, 6.45) is 1.87. The van der Waals surface area contributed by atoms with Crippen molar-refractivity contribution in [2.45, 2.75) is 32.7 Å². The molecule has 0 bridgehead atoms.